The van der Waals surface area contributed by atoms with Gasteiger partial charge in [-0.15, -0.1) is 5.10 Å². The maximum Gasteiger partial charge on any atom is 0.396 e. The molecule has 0 saturated carbocycles. The molecule has 2 rings (SSSR count). The first-order valence-electron chi connectivity index (χ1n) is 6.00. The molecule has 1 aromatic heterocycles. The summed E-state index contributed by atoms with van der Waals surface area (Å²) in [5, 5.41) is 7.15. The molecular formula is C13H11FN2O4S. The Balaban J connectivity index is 2.15. The minimum absolute atomic E-state index is 0.00697. The Hall–Kier alpha value is -2.22. The zero-order chi connectivity index (χ0) is 15.4. The highest BCUT2D eigenvalue weighted by Gasteiger charge is 2.17. The second kappa shape index (κ2) is 6.49. The summed E-state index contributed by atoms with van der Waals surface area (Å²) in [6.45, 7) is 3.19. The van der Waals surface area contributed by atoms with Gasteiger partial charge in [0, 0.05) is 5.56 Å². The topological polar surface area (TPSA) is 82.3 Å². The number of aromatic nitrogens is 2. The van der Waals surface area contributed by atoms with Gasteiger partial charge in [0.25, 0.3) is 5.22 Å². The number of rotatable bonds is 5. The molecule has 0 radical (unpaired) electrons. The number of hydrogen-bond donors (Lipinski definition) is 0. The van der Waals surface area contributed by atoms with Crippen LogP contribution in [0.4, 0.5) is 4.39 Å². The second-order valence-corrected chi connectivity index (χ2v) is 4.89. The van der Waals surface area contributed by atoms with Crippen LogP contribution in [0.2, 0.25) is 0 Å². The van der Waals surface area contributed by atoms with E-state index in [0.717, 1.165) is 17.8 Å². The molecule has 0 fully saturated rings. The van der Waals surface area contributed by atoms with Gasteiger partial charge in [0.2, 0.25) is 0 Å². The van der Waals surface area contributed by atoms with Crippen molar-refractivity contribution in [2.24, 2.45) is 0 Å². The van der Waals surface area contributed by atoms with Gasteiger partial charge < -0.3 is 9.15 Å². The van der Waals surface area contributed by atoms with Crippen molar-refractivity contribution in [3.05, 3.63) is 35.5 Å². The van der Waals surface area contributed by atoms with Crippen molar-refractivity contribution in [3.8, 4) is 0 Å². The first-order valence-corrected chi connectivity index (χ1v) is 6.82. The smallest absolute Gasteiger partial charge is 0.396 e. The lowest BCUT2D eigenvalue weighted by Gasteiger charge is -2.01. The number of benzene rings is 1. The fraction of sp³-hybridized carbons (Fsp3) is 0.231. The summed E-state index contributed by atoms with van der Waals surface area (Å²) < 4.78 is 23.6. The van der Waals surface area contributed by atoms with Crippen LogP contribution < -0.4 is 0 Å². The molecule has 1 heterocycles. The maximum atomic E-state index is 13.8. The largest absolute Gasteiger partial charge is 0.459 e. The molecule has 110 valence electrons. The van der Waals surface area contributed by atoms with Crippen molar-refractivity contribution in [1.29, 1.82) is 0 Å². The van der Waals surface area contributed by atoms with E-state index in [0.29, 0.717) is 0 Å². The Labute approximate surface area is 123 Å². The molecule has 0 atom stereocenters. The van der Waals surface area contributed by atoms with Gasteiger partial charge in [-0.3, -0.25) is 4.79 Å². The number of Topliss-reactive ketones (excluding diaryl/α,β-unsaturated/α-hetero) is 1. The van der Waals surface area contributed by atoms with Gasteiger partial charge in [-0.25, -0.2) is 9.18 Å². The summed E-state index contributed by atoms with van der Waals surface area (Å²) in [6.07, 6.45) is 0. The van der Waals surface area contributed by atoms with Crippen LogP contribution in [0.5, 0.6) is 0 Å². The van der Waals surface area contributed by atoms with Crippen LogP contribution in [0.25, 0.3) is 0 Å². The normalized spacial score (nSPS) is 10.4. The van der Waals surface area contributed by atoms with E-state index >= 15 is 0 Å². The molecule has 2 aromatic rings. The van der Waals surface area contributed by atoms with Crippen LogP contribution >= 0.6 is 11.8 Å². The minimum Gasteiger partial charge on any atom is -0.459 e. The average molecular weight is 310 g/mol. The summed E-state index contributed by atoms with van der Waals surface area (Å²) in [5.74, 6) is -1.83. The lowest BCUT2D eigenvalue weighted by Crippen LogP contribution is -2.04. The van der Waals surface area contributed by atoms with E-state index < -0.39 is 11.8 Å². The minimum atomic E-state index is -0.732. The van der Waals surface area contributed by atoms with E-state index in [1.807, 2.05) is 0 Å². The van der Waals surface area contributed by atoms with Crippen molar-refractivity contribution < 1.29 is 23.1 Å². The molecule has 21 heavy (non-hydrogen) atoms. The predicted molar refractivity (Wildman–Crippen MR) is 70.8 cm³/mol. The molecule has 0 amide bonds. The Morgan fingerprint density at radius 3 is 2.76 bits per heavy atom. The lowest BCUT2D eigenvalue weighted by atomic mass is 10.1. The van der Waals surface area contributed by atoms with Gasteiger partial charge in [-0.2, -0.15) is 0 Å². The van der Waals surface area contributed by atoms with Crippen molar-refractivity contribution in [3.63, 3.8) is 0 Å². The van der Waals surface area contributed by atoms with Crippen LogP contribution in [-0.4, -0.2) is 28.6 Å². The molecule has 0 bridgehead atoms. The van der Waals surface area contributed by atoms with Crippen LogP contribution in [0.3, 0.4) is 0 Å². The molecule has 1 aromatic carbocycles. The van der Waals surface area contributed by atoms with E-state index in [2.05, 4.69) is 10.2 Å². The highest BCUT2D eigenvalue weighted by molar-refractivity contribution is 7.99. The Morgan fingerprint density at radius 2 is 2.14 bits per heavy atom. The van der Waals surface area contributed by atoms with Gasteiger partial charge in [-0.1, -0.05) is 11.2 Å². The number of carbonyl (C=O) groups excluding carboxylic acids is 2. The molecule has 8 heteroatoms. The van der Waals surface area contributed by atoms with Crippen molar-refractivity contribution in [2.75, 3.05) is 6.61 Å². The van der Waals surface area contributed by atoms with E-state index in [1.54, 1.807) is 6.92 Å². The quantitative estimate of drug-likeness (QED) is 0.620. The third kappa shape index (κ3) is 3.66. The molecule has 0 unspecified atom stereocenters. The number of ketones is 1. The van der Waals surface area contributed by atoms with Crippen LogP contribution in [0.1, 0.15) is 34.9 Å². The summed E-state index contributed by atoms with van der Waals surface area (Å²) in [7, 11) is 0. The van der Waals surface area contributed by atoms with Crippen molar-refractivity contribution >= 4 is 23.5 Å². The fourth-order valence-corrected chi connectivity index (χ4v) is 2.11. The van der Waals surface area contributed by atoms with E-state index in [-0.39, 0.29) is 34.0 Å². The molecule has 0 spiro atoms. The van der Waals surface area contributed by atoms with Crippen LogP contribution in [-0.2, 0) is 4.74 Å². The molecule has 0 aliphatic heterocycles. The zero-order valence-corrected chi connectivity index (χ0v) is 12.1. The van der Waals surface area contributed by atoms with Crippen LogP contribution in [0, 0.1) is 5.82 Å². The van der Waals surface area contributed by atoms with E-state index in [4.69, 9.17) is 9.15 Å². The van der Waals surface area contributed by atoms with Gasteiger partial charge in [0.15, 0.2) is 5.78 Å². The first-order chi connectivity index (χ1) is 10.0. The summed E-state index contributed by atoms with van der Waals surface area (Å²) in [4.78, 5) is 22.7. The van der Waals surface area contributed by atoms with Gasteiger partial charge in [0.1, 0.15) is 5.82 Å². The average Bonchev–Trinajstić information content (AvgIpc) is 2.90. The number of halogens is 1. The van der Waals surface area contributed by atoms with Gasteiger partial charge in [-0.05, 0) is 37.7 Å². The molecule has 0 aliphatic carbocycles. The highest BCUT2D eigenvalue weighted by Crippen LogP contribution is 2.29. The highest BCUT2D eigenvalue weighted by atomic mass is 32.2. The second-order valence-electron chi connectivity index (χ2n) is 3.90. The van der Waals surface area contributed by atoms with E-state index in [1.165, 1.54) is 19.1 Å². The molecular weight excluding hydrogens is 299 g/mol. The van der Waals surface area contributed by atoms with E-state index in [9.17, 15) is 14.0 Å². The zero-order valence-electron chi connectivity index (χ0n) is 11.3. The summed E-state index contributed by atoms with van der Waals surface area (Å²) in [5.41, 5.74) is 0.273. The first kappa shape index (κ1) is 15.2. The number of hydrogen-bond acceptors (Lipinski definition) is 7. The number of nitrogens with zero attached hydrogens (tertiary/aromatic N) is 2. The van der Waals surface area contributed by atoms with Crippen LogP contribution in [0.15, 0.2) is 32.7 Å². The molecule has 0 aliphatic rings. The lowest BCUT2D eigenvalue weighted by molar-refractivity contribution is 0.0475. The van der Waals surface area contributed by atoms with Gasteiger partial charge >= 0.3 is 11.9 Å². The standard InChI is InChI=1S/C13H11FN2O4S/c1-3-19-12(18)11-15-16-13(20-11)21-10-5-4-8(7(2)17)6-9(10)14/h4-6H,3H2,1-2H3. The molecule has 6 nitrogen and oxygen atoms in total. The maximum absolute atomic E-state index is 13.8. The Kier molecular flexibility index (Phi) is 4.69. The fourth-order valence-electron chi connectivity index (χ4n) is 1.42. The Morgan fingerprint density at radius 1 is 1.38 bits per heavy atom. The SMILES string of the molecule is CCOC(=O)c1nnc(Sc2ccc(C(C)=O)cc2F)o1. The third-order valence-electron chi connectivity index (χ3n) is 2.39. The van der Waals surface area contributed by atoms with Crippen molar-refractivity contribution in [2.45, 2.75) is 24.0 Å². The Bertz CT molecular complexity index is 687. The number of esters is 1. The summed E-state index contributed by atoms with van der Waals surface area (Å²) in [6, 6.07) is 4.06. The number of ether oxygens (including phenoxy) is 1. The molecule has 0 N–H and O–H groups in total. The molecule has 0 saturated heterocycles. The third-order valence-corrected chi connectivity index (χ3v) is 3.28. The summed E-state index contributed by atoms with van der Waals surface area (Å²) >= 11 is 0.857. The monoisotopic (exact) mass is 310 g/mol. The predicted octanol–water partition coefficient (Wildman–Crippen LogP) is 2.74. The number of carbonyl (C=O) groups is 2. The van der Waals surface area contributed by atoms with Crippen molar-refractivity contribution in [1.82, 2.24) is 10.2 Å². The van der Waals surface area contributed by atoms with Gasteiger partial charge in [0.05, 0.1) is 11.5 Å².